The minimum Gasteiger partial charge on any atom is -0.488 e. The van der Waals surface area contributed by atoms with Crippen LogP contribution in [0.4, 0.5) is 0 Å². The lowest BCUT2D eigenvalue weighted by molar-refractivity contribution is 0.303. The van der Waals surface area contributed by atoms with E-state index in [0.29, 0.717) is 6.61 Å². The summed E-state index contributed by atoms with van der Waals surface area (Å²) in [4.78, 5) is 1.21. The lowest BCUT2D eigenvalue weighted by atomic mass is 10.0. The summed E-state index contributed by atoms with van der Waals surface area (Å²) in [6.45, 7) is 4.81. The third-order valence-electron chi connectivity index (χ3n) is 3.29. The van der Waals surface area contributed by atoms with Gasteiger partial charge in [-0.3, -0.25) is 0 Å². The lowest BCUT2D eigenvalue weighted by Crippen LogP contribution is -2.21. The van der Waals surface area contributed by atoms with E-state index in [9.17, 15) is 0 Å². The first-order valence-corrected chi connectivity index (χ1v) is 8.42. The van der Waals surface area contributed by atoms with Crippen molar-refractivity contribution in [3.63, 3.8) is 0 Å². The monoisotopic (exact) mass is 353 g/mol. The predicted molar refractivity (Wildman–Crippen MR) is 89.5 cm³/mol. The van der Waals surface area contributed by atoms with Gasteiger partial charge in [0.1, 0.15) is 12.4 Å². The minimum atomic E-state index is 0.190. The van der Waals surface area contributed by atoms with Gasteiger partial charge in [-0.1, -0.05) is 25.1 Å². The van der Waals surface area contributed by atoms with Gasteiger partial charge in [0.2, 0.25) is 0 Å². The molecule has 0 radical (unpaired) electrons. The molecule has 0 aliphatic heterocycles. The van der Waals surface area contributed by atoms with Gasteiger partial charge < -0.3 is 10.5 Å². The number of hydrogen-bond donors (Lipinski definition) is 1. The summed E-state index contributed by atoms with van der Waals surface area (Å²) in [6.07, 6.45) is 1.84. The Balaban J connectivity index is 2.12. The van der Waals surface area contributed by atoms with E-state index < -0.39 is 0 Å². The fraction of sp³-hybridized carbons (Fsp3) is 0.375. The molecule has 0 saturated carbocycles. The molecule has 0 amide bonds. The Hall–Kier alpha value is -0.840. The van der Waals surface area contributed by atoms with Crippen LogP contribution >= 0.6 is 27.3 Å². The molecule has 20 heavy (non-hydrogen) atoms. The molecule has 108 valence electrons. The molecule has 1 unspecified atom stereocenters. The van der Waals surface area contributed by atoms with Crippen LogP contribution in [0.3, 0.4) is 0 Å². The Labute approximate surface area is 133 Å². The van der Waals surface area contributed by atoms with Gasteiger partial charge in [-0.2, -0.15) is 0 Å². The molecule has 0 aliphatic carbocycles. The fourth-order valence-electron chi connectivity index (χ4n) is 2.08. The van der Waals surface area contributed by atoms with Gasteiger partial charge in [-0.05, 0) is 59.0 Å². The Morgan fingerprint density at radius 3 is 2.75 bits per heavy atom. The third-order valence-corrected chi connectivity index (χ3v) is 4.88. The summed E-state index contributed by atoms with van der Waals surface area (Å²) in [7, 11) is 0. The highest BCUT2D eigenvalue weighted by Crippen LogP contribution is 2.28. The lowest BCUT2D eigenvalue weighted by Gasteiger charge is -2.16. The van der Waals surface area contributed by atoms with Gasteiger partial charge >= 0.3 is 0 Å². The second-order valence-electron chi connectivity index (χ2n) is 4.93. The third kappa shape index (κ3) is 4.08. The number of nitrogens with two attached hydrogens (primary N) is 1. The summed E-state index contributed by atoms with van der Waals surface area (Å²) >= 11 is 5.18. The standard InChI is InChI=1S/C16H20BrNOS/c1-3-13(18)9-12-6-4-5-11(2)16(12)19-10-14-7-8-15(17)20-14/h4-8,13H,3,9-10,18H2,1-2H3. The van der Waals surface area contributed by atoms with Gasteiger partial charge in [0.25, 0.3) is 0 Å². The zero-order valence-electron chi connectivity index (χ0n) is 11.9. The molecular weight excluding hydrogens is 334 g/mol. The zero-order valence-corrected chi connectivity index (χ0v) is 14.3. The number of aryl methyl sites for hydroxylation is 1. The van der Waals surface area contributed by atoms with Crippen molar-refractivity contribution in [2.75, 3.05) is 0 Å². The second-order valence-corrected chi connectivity index (χ2v) is 7.48. The first-order chi connectivity index (χ1) is 9.60. The number of para-hydroxylation sites is 1. The molecule has 2 nitrogen and oxygen atoms in total. The summed E-state index contributed by atoms with van der Waals surface area (Å²) in [5.41, 5.74) is 8.45. The van der Waals surface area contributed by atoms with Crippen molar-refractivity contribution in [2.45, 2.75) is 39.3 Å². The average molecular weight is 354 g/mol. The van der Waals surface area contributed by atoms with Crippen LogP contribution in [0.1, 0.15) is 29.3 Å². The Bertz CT molecular complexity index is 567. The average Bonchev–Trinajstić information content (AvgIpc) is 2.83. The maximum Gasteiger partial charge on any atom is 0.126 e. The van der Waals surface area contributed by atoms with Gasteiger partial charge in [0, 0.05) is 10.9 Å². The highest BCUT2D eigenvalue weighted by atomic mass is 79.9. The maximum atomic E-state index is 6.07. The van der Waals surface area contributed by atoms with Crippen molar-refractivity contribution >= 4 is 27.3 Å². The van der Waals surface area contributed by atoms with Gasteiger partial charge in [-0.25, -0.2) is 0 Å². The summed E-state index contributed by atoms with van der Waals surface area (Å²) < 4.78 is 7.18. The molecule has 1 aromatic carbocycles. The van der Waals surface area contributed by atoms with Crippen LogP contribution in [0.15, 0.2) is 34.1 Å². The summed E-state index contributed by atoms with van der Waals surface area (Å²) in [5, 5.41) is 0. The first kappa shape index (κ1) is 15.5. The van der Waals surface area contributed by atoms with Crippen molar-refractivity contribution in [3.8, 4) is 5.75 Å². The molecule has 0 bridgehead atoms. The van der Waals surface area contributed by atoms with Crippen LogP contribution in [-0.2, 0) is 13.0 Å². The van der Waals surface area contributed by atoms with E-state index in [1.807, 2.05) is 0 Å². The summed E-state index contributed by atoms with van der Waals surface area (Å²) in [6, 6.07) is 10.6. The Morgan fingerprint density at radius 1 is 1.30 bits per heavy atom. The van der Waals surface area contributed by atoms with Crippen LogP contribution in [0.25, 0.3) is 0 Å². The van der Waals surface area contributed by atoms with Crippen molar-refractivity contribution in [3.05, 3.63) is 50.1 Å². The molecule has 1 heterocycles. The molecule has 4 heteroatoms. The second kappa shape index (κ2) is 7.25. The van der Waals surface area contributed by atoms with Crippen LogP contribution in [0.5, 0.6) is 5.75 Å². The number of thiophene rings is 1. The molecule has 0 aliphatic rings. The van der Waals surface area contributed by atoms with Gasteiger partial charge in [0.05, 0.1) is 3.79 Å². The molecular formula is C16H20BrNOS. The molecule has 2 N–H and O–H groups in total. The van der Waals surface area contributed by atoms with Crippen LogP contribution in [0, 0.1) is 6.92 Å². The predicted octanol–water partition coefficient (Wildman–Crippen LogP) is 4.68. The van der Waals surface area contributed by atoms with Crippen molar-refractivity contribution in [2.24, 2.45) is 5.73 Å². The molecule has 1 aromatic heterocycles. The first-order valence-electron chi connectivity index (χ1n) is 6.81. The molecule has 0 saturated heterocycles. The molecule has 2 aromatic rings. The molecule has 0 spiro atoms. The molecule has 0 fully saturated rings. The van der Waals surface area contributed by atoms with E-state index in [0.717, 1.165) is 22.4 Å². The number of benzene rings is 1. The topological polar surface area (TPSA) is 35.2 Å². The van der Waals surface area contributed by atoms with Crippen LogP contribution < -0.4 is 10.5 Å². The number of ether oxygens (including phenoxy) is 1. The van der Waals surface area contributed by atoms with Crippen LogP contribution in [0.2, 0.25) is 0 Å². The maximum absolute atomic E-state index is 6.07. The minimum absolute atomic E-state index is 0.190. The van der Waals surface area contributed by atoms with Gasteiger partial charge in [-0.15, -0.1) is 11.3 Å². The Kier molecular flexibility index (Phi) is 5.64. The van der Waals surface area contributed by atoms with Gasteiger partial charge in [0.15, 0.2) is 0 Å². The number of hydrogen-bond acceptors (Lipinski definition) is 3. The smallest absolute Gasteiger partial charge is 0.126 e. The quantitative estimate of drug-likeness (QED) is 0.818. The summed E-state index contributed by atoms with van der Waals surface area (Å²) in [5.74, 6) is 0.987. The zero-order chi connectivity index (χ0) is 14.5. The van der Waals surface area contributed by atoms with E-state index in [1.165, 1.54) is 16.0 Å². The van der Waals surface area contributed by atoms with E-state index >= 15 is 0 Å². The van der Waals surface area contributed by atoms with E-state index in [1.54, 1.807) is 11.3 Å². The molecule has 1 atom stereocenters. The SMILES string of the molecule is CCC(N)Cc1cccc(C)c1OCc1ccc(Br)s1. The fourth-order valence-corrected chi connectivity index (χ4v) is 3.48. The van der Waals surface area contributed by atoms with E-state index in [2.05, 4.69) is 60.1 Å². The highest BCUT2D eigenvalue weighted by molar-refractivity contribution is 9.11. The van der Waals surface area contributed by atoms with Crippen molar-refractivity contribution < 1.29 is 4.74 Å². The highest BCUT2D eigenvalue weighted by Gasteiger charge is 2.11. The Morgan fingerprint density at radius 2 is 2.10 bits per heavy atom. The van der Waals surface area contributed by atoms with Crippen molar-refractivity contribution in [1.82, 2.24) is 0 Å². The number of rotatable bonds is 6. The van der Waals surface area contributed by atoms with E-state index in [-0.39, 0.29) is 6.04 Å². The number of halogens is 1. The van der Waals surface area contributed by atoms with Crippen molar-refractivity contribution in [1.29, 1.82) is 0 Å². The molecule has 2 rings (SSSR count). The van der Waals surface area contributed by atoms with E-state index in [4.69, 9.17) is 10.5 Å². The largest absolute Gasteiger partial charge is 0.488 e. The van der Waals surface area contributed by atoms with Crippen LogP contribution in [-0.4, -0.2) is 6.04 Å². The normalized spacial score (nSPS) is 12.4.